The predicted molar refractivity (Wildman–Crippen MR) is 62.1 cm³/mol. The summed E-state index contributed by atoms with van der Waals surface area (Å²) >= 11 is 0. The number of benzene rings is 1. The number of aromatic nitrogens is 3. The minimum atomic E-state index is 0.227. The second-order valence-corrected chi connectivity index (χ2v) is 4.08. The lowest BCUT2D eigenvalue weighted by Gasteiger charge is -2.26. The van der Waals surface area contributed by atoms with Crippen LogP contribution in [0.3, 0.4) is 0 Å². The highest BCUT2D eigenvalue weighted by Crippen LogP contribution is 2.24. The lowest BCUT2D eigenvalue weighted by molar-refractivity contribution is 0.0815. The molecule has 0 aliphatic carbocycles. The summed E-state index contributed by atoms with van der Waals surface area (Å²) in [5.74, 6) is 0.841. The summed E-state index contributed by atoms with van der Waals surface area (Å²) in [7, 11) is 0. The topological polar surface area (TPSA) is 62.8 Å². The van der Waals surface area contributed by atoms with Crippen LogP contribution >= 0.6 is 0 Å². The van der Waals surface area contributed by atoms with E-state index in [9.17, 15) is 0 Å². The molecule has 1 aliphatic heterocycles. The van der Waals surface area contributed by atoms with Crippen LogP contribution in [-0.2, 0) is 17.9 Å². The van der Waals surface area contributed by atoms with Crippen molar-refractivity contribution in [2.45, 2.75) is 19.2 Å². The van der Waals surface area contributed by atoms with E-state index < -0.39 is 0 Å². The van der Waals surface area contributed by atoms with Crippen molar-refractivity contribution in [1.82, 2.24) is 20.5 Å². The van der Waals surface area contributed by atoms with Gasteiger partial charge in [-0.2, -0.15) is 5.10 Å². The molecular weight excluding hydrogens is 216 g/mol. The first-order valence-corrected chi connectivity index (χ1v) is 5.66. The summed E-state index contributed by atoms with van der Waals surface area (Å²) in [5, 5.41) is 10.1. The molecule has 0 amide bonds. The van der Waals surface area contributed by atoms with Crippen LogP contribution in [0.1, 0.15) is 23.0 Å². The molecule has 5 heteroatoms. The van der Waals surface area contributed by atoms with Crippen molar-refractivity contribution in [2.24, 2.45) is 0 Å². The molecule has 0 fully saturated rings. The van der Waals surface area contributed by atoms with Crippen molar-refractivity contribution in [3.05, 3.63) is 47.5 Å². The van der Waals surface area contributed by atoms with Crippen LogP contribution in [0, 0.1) is 0 Å². The highest BCUT2D eigenvalue weighted by atomic mass is 16.5. The van der Waals surface area contributed by atoms with E-state index in [-0.39, 0.29) is 6.04 Å². The molecule has 88 valence electrons. The normalized spacial score (nSPS) is 18.9. The lowest BCUT2D eigenvalue weighted by atomic mass is 9.99. The molecule has 0 radical (unpaired) electrons. The van der Waals surface area contributed by atoms with Gasteiger partial charge in [0.15, 0.2) is 0 Å². The zero-order valence-electron chi connectivity index (χ0n) is 9.39. The van der Waals surface area contributed by atoms with Gasteiger partial charge < -0.3 is 10.1 Å². The van der Waals surface area contributed by atoms with Crippen molar-refractivity contribution in [1.29, 1.82) is 0 Å². The molecule has 0 saturated heterocycles. The minimum Gasteiger partial charge on any atom is -0.375 e. The Balaban J connectivity index is 1.72. The predicted octanol–water partition coefficient (Wildman–Crippen LogP) is 1.17. The maximum Gasteiger partial charge on any atom is 0.138 e. The van der Waals surface area contributed by atoms with E-state index in [4.69, 9.17) is 4.74 Å². The number of ether oxygens (including phenoxy) is 1. The van der Waals surface area contributed by atoms with Crippen LogP contribution in [-0.4, -0.2) is 21.8 Å². The van der Waals surface area contributed by atoms with Gasteiger partial charge in [0.2, 0.25) is 0 Å². The third kappa shape index (κ3) is 2.20. The monoisotopic (exact) mass is 230 g/mol. The van der Waals surface area contributed by atoms with E-state index in [1.165, 1.54) is 17.5 Å². The molecular formula is C12H14N4O. The number of hydrogen-bond acceptors (Lipinski definition) is 4. The summed E-state index contributed by atoms with van der Waals surface area (Å²) in [6.45, 7) is 2.07. The van der Waals surface area contributed by atoms with Crippen molar-refractivity contribution >= 4 is 0 Å². The fraction of sp³-hybridized carbons (Fsp3) is 0.333. The Kier molecular flexibility index (Phi) is 2.85. The Labute approximate surface area is 99.2 Å². The molecule has 1 atom stereocenters. The smallest absolute Gasteiger partial charge is 0.138 e. The molecule has 1 aliphatic rings. The number of hydrogen-bond donors (Lipinski definition) is 2. The SMILES string of the molecule is c1ccc2c(c1)COCC2NCc1ncn[nH]1. The van der Waals surface area contributed by atoms with E-state index >= 15 is 0 Å². The molecule has 1 aromatic carbocycles. The Hall–Kier alpha value is -1.72. The van der Waals surface area contributed by atoms with Crippen LogP contribution in [0.15, 0.2) is 30.6 Å². The van der Waals surface area contributed by atoms with Crippen LogP contribution in [0.5, 0.6) is 0 Å². The molecule has 5 nitrogen and oxygen atoms in total. The second-order valence-electron chi connectivity index (χ2n) is 4.08. The van der Waals surface area contributed by atoms with Crippen molar-refractivity contribution in [3.63, 3.8) is 0 Å². The molecule has 3 rings (SSSR count). The van der Waals surface area contributed by atoms with E-state index in [0.29, 0.717) is 19.8 Å². The van der Waals surface area contributed by atoms with E-state index in [1.54, 1.807) is 0 Å². The molecule has 1 aromatic heterocycles. The van der Waals surface area contributed by atoms with Crippen LogP contribution in [0.2, 0.25) is 0 Å². The first kappa shape index (κ1) is 10.4. The number of nitrogens with zero attached hydrogens (tertiary/aromatic N) is 2. The van der Waals surface area contributed by atoms with E-state index in [0.717, 1.165) is 5.82 Å². The highest BCUT2D eigenvalue weighted by molar-refractivity contribution is 5.31. The quantitative estimate of drug-likeness (QED) is 0.830. The summed E-state index contributed by atoms with van der Waals surface area (Å²) in [6.07, 6.45) is 1.52. The van der Waals surface area contributed by atoms with Crippen molar-refractivity contribution in [2.75, 3.05) is 6.61 Å². The lowest BCUT2D eigenvalue weighted by Crippen LogP contribution is -2.29. The molecule has 0 bridgehead atoms. The summed E-state index contributed by atoms with van der Waals surface area (Å²) in [6, 6.07) is 8.59. The largest absolute Gasteiger partial charge is 0.375 e. The average molecular weight is 230 g/mol. The standard InChI is InChI=1S/C12H14N4O/c1-2-4-10-9(3-1)6-17-7-11(10)13-5-12-14-8-15-16-12/h1-4,8,11,13H,5-7H2,(H,14,15,16). The van der Waals surface area contributed by atoms with E-state index in [2.05, 4.69) is 38.7 Å². The van der Waals surface area contributed by atoms with Gasteiger partial charge >= 0.3 is 0 Å². The Bertz CT molecular complexity index is 483. The average Bonchev–Trinajstić information content (AvgIpc) is 2.89. The second kappa shape index (κ2) is 4.65. The van der Waals surface area contributed by atoms with Gasteiger partial charge in [-0.05, 0) is 11.1 Å². The van der Waals surface area contributed by atoms with Gasteiger partial charge in [0.1, 0.15) is 12.2 Å². The maximum atomic E-state index is 5.57. The van der Waals surface area contributed by atoms with Gasteiger partial charge in [-0.1, -0.05) is 24.3 Å². The van der Waals surface area contributed by atoms with E-state index in [1.807, 2.05) is 6.07 Å². The molecule has 0 spiro atoms. The first-order valence-electron chi connectivity index (χ1n) is 5.66. The highest BCUT2D eigenvalue weighted by Gasteiger charge is 2.19. The van der Waals surface area contributed by atoms with Gasteiger partial charge in [0.05, 0.1) is 25.8 Å². The number of rotatable bonds is 3. The Morgan fingerprint density at radius 1 is 1.41 bits per heavy atom. The zero-order chi connectivity index (χ0) is 11.5. The summed E-state index contributed by atoms with van der Waals surface area (Å²) in [4.78, 5) is 4.09. The minimum absolute atomic E-state index is 0.227. The fourth-order valence-electron chi connectivity index (χ4n) is 2.09. The summed E-state index contributed by atoms with van der Waals surface area (Å²) in [5.41, 5.74) is 2.58. The Morgan fingerprint density at radius 3 is 3.24 bits per heavy atom. The Morgan fingerprint density at radius 2 is 2.35 bits per heavy atom. The zero-order valence-corrected chi connectivity index (χ0v) is 9.39. The van der Waals surface area contributed by atoms with Crippen LogP contribution in [0.25, 0.3) is 0 Å². The molecule has 2 heterocycles. The third-order valence-corrected chi connectivity index (χ3v) is 2.95. The molecule has 17 heavy (non-hydrogen) atoms. The van der Waals surface area contributed by atoms with Crippen LogP contribution in [0.4, 0.5) is 0 Å². The van der Waals surface area contributed by atoms with Gasteiger partial charge in [-0.25, -0.2) is 4.98 Å². The third-order valence-electron chi connectivity index (χ3n) is 2.95. The molecule has 0 saturated carbocycles. The number of fused-ring (bicyclic) bond motifs is 1. The number of nitrogens with one attached hydrogen (secondary N) is 2. The van der Waals surface area contributed by atoms with Crippen molar-refractivity contribution in [3.8, 4) is 0 Å². The van der Waals surface area contributed by atoms with Gasteiger partial charge in [0, 0.05) is 0 Å². The molecule has 2 aromatic rings. The van der Waals surface area contributed by atoms with Gasteiger partial charge in [-0.15, -0.1) is 0 Å². The molecule has 1 unspecified atom stereocenters. The van der Waals surface area contributed by atoms with Crippen LogP contribution < -0.4 is 5.32 Å². The van der Waals surface area contributed by atoms with Gasteiger partial charge in [0.25, 0.3) is 0 Å². The first-order chi connectivity index (χ1) is 8.43. The van der Waals surface area contributed by atoms with Gasteiger partial charge in [-0.3, -0.25) is 5.10 Å². The fourth-order valence-corrected chi connectivity index (χ4v) is 2.09. The maximum absolute atomic E-state index is 5.57. The van der Waals surface area contributed by atoms with Crippen molar-refractivity contribution < 1.29 is 4.74 Å². The number of aromatic amines is 1. The molecule has 2 N–H and O–H groups in total. The summed E-state index contributed by atoms with van der Waals surface area (Å²) < 4.78 is 5.57. The number of H-pyrrole nitrogens is 1.